The maximum atomic E-state index is 12.2. The van der Waals surface area contributed by atoms with Crippen LogP contribution in [0.15, 0.2) is 29.4 Å². The summed E-state index contributed by atoms with van der Waals surface area (Å²) in [6.45, 7) is 0.600. The van der Waals surface area contributed by atoms with Crippen LogP contribution in [0.4, 0.5) is 0 Å². The van der Waals surface area contributed by atoms with Crippen molar-refractivity contribution in [2.75, 3.05) is 6.54 Å². The average Bonchev–Trinajstić information content (AvgIpc) is 2.96. The molecule has 9 heteroatoms. The quantitative estimate of drug-likeness (QED) is 0.651. The smallest absolute Gasteiger partial charge is 0.242 e. The third-order valence-electron chi connectivity index (χ3n) is 2.87. The van der Waals surface area contributed by atoms with E-state index in [1.165, 1.54) is 12.4 Å². The van der Waals surface area contributed by atoms with Crippen molar-refractivity contribution in [3.8, 4) is 0 Å². The number of aromatic nitrogens is 3. The Kier molecular flexibility index (Phi) is 5.29. The number of benzene rings is 1. The highest BCUT2D eigenvalue weighted by molar-refractivity contribution is 7.89. The number of aromatic amines is 1. The van der Waals surface area contributed by atoms with Crippen LogP contribution >= 0.6 is 11.6 Å². The van der Waals surface area contributed by atoms with Gasteiger partial charge in [0.15, 0.2) is 0 Å². The number of hydrogen-bond acceptors (Lipinski definition) is 5. The summed E-state index contributed by atoms with van der Waals surface area (Å²) >= 11 is 5.99. The summed E-state index contributed by atoms with van der Waals surface area (Å²) in [4.78, 5) is 4.02. The Hall–Kier alpha value is -1.48. The molecule has 0 saturated carbocycles. The number of nitrogens with zero attached hydrogens (tertiary/aromatic N) is 2. The lowest BCUT2D eigenvalue weighted by Gasteiger charge is -2.09. The molecule has 0 atom stereocenters. The maximum Gasteiger partial charge on any atom is 0.242 e. The fourth-order valence-electron chi connectivity index (χ4n) is 1.78. The summed E-state index contributed by atoms with van der Waals surface area (Å²) in [5.41, 5.74) is 6.27. The van der Waals surface area contributed by atoms with Gasteiger partial charge in [0.25, 0.3) is 0 Å². The van der Waals surface area contributed by atoms with Crippen molar-refractivity contribution >= 4 is 21.6 Å². The molecule has 0 aliphatic heterocycles. The number of nitrogens with two attached hydrogens (primary N) is 1. The van der Waals surface area contributed by atoms with Crippen molar-refractivity contribution in [2.45, 2.75) is 24.3 Å². The number of aryl methyl sites for hydroxylation is 1. The Morgan fingerprint density at radius 1 is 1.38 bits per heavy atom. The number of rotatable bonds is 7. The van der Waals surface area contributed by atoms with Crippen LogP contribution in [-0.4, -0.2) is 30.1 Å². The normalized spacial score (nSPS) is 11.7. The Balaban J connectivity index is 1.95. The van der Waals surface area contributed by atoms with Crippen LogP contribution in [0.5, 0.6) is 0 Å². The first-order valence-electron chi connectivity index (χ1n) is 6.35. The second kappa shape index (κ2) is 6.99. The van der Waals surface area contributed by atoms with Gasteiger partial charge in [-0.25, -0.2) is 18.1 Å². The van der Waals surface area contributed by atoms with Gasteiger partial charge in [-0.05, 0) is 24.1 Å². The zero-order valence-corrected chi connectivity index (χ0v) is 12.8. The van der Waals surface area contributed by atoms with E-state index >= 15 is 0 Å². The molecule has 1 aromatic carbocycles. The minimum Gasteiger partial charge on any atom is -0.326 e. The van der Waals surface area contributed by atoms with Crippen LogP contribution in [0.3, 0.4) is 0 Å². The fraction of sp³-hybridized carbons (Fsp3) is 0.333. The van der Waals surface area contributed by atoms with Crippen LogP contribution in [-0.2, 0) is 23.0 Å². The summed E-state index contributed by atoms with van der Waals surface area (Å²) in [5.74, 6) is 0.722. The summed E-state index contributed by atoms with van der Waals surface area (Å²) in [6.07, 6.45) is 2.63. The van der Waals surface area contributed by atoms with E-state index < -0.39 is 10.0 Å². The summed E-state index contributed by atoms with van der Waals surface area (Å²) in [7, 11) is -3.63. The standard InChI is InChI=1S/C12H16ClN5O2S/c13-10-6-9(7-14)3-4-11(10)21(19,20)17-5-1-2-12-15-8-16-18-12/h3-4,6,8,17H,1-2,5,7,14H2,(H,15,16,18). The van der Waals surface area contributed by atoms with Crippen molar-refractivity contribution in [1.29, 1.82) is 0 Å². The summed E-state index contributed by atoms with van der Waals surface area (Å²) in [5, 5.41) is 6.61. The molecule has 0 aliphatic carbocycles. The average molecular weight is 330 g/mol. The van der Waals surface area contributed by atoms with E-state index in [1.54, 1.807) is 12.1 Å². The third kappa shape index (κ3) is 4.24. The Labute approximate surface area is 128 Å². The van der Waals surface area contributed by atoms with Gasteiger partial charge in [-0.1, -0.05) is 17.7 Å². The van der Waals surface area contributed by atoms with Crippen LogP contribution in [0.1, 0.15) is 17.8 Å². The first kappa shape index (κ1) is 15.9. The minimum absolute atomic E-state index is 0.0565. The van der Waals surface area contributed by atoms with Crippen molar-refractivity contribution < 1.29 is 8.42 Å². The molecule has 0 aliphatic rings. The molecule has 0 amide bonds. The van der Waals surface area contributed by atoms with E-state index in [0.29, 0.717) is 19.4 Å². The highest BCUT2D eigenvalue weighted by atomic mass is 35.5. The first-order chi connectivity index (χ1) is 10.0. The summed E-state index contributed by atoms with van der Waals surface area (Å²) in [6, 6.07) is 4.67. The van der Waals surface area contributed by atoms with E-state index in [9.17, 15) is 8.42 Å². The van der Waals surface area contributed by atoms with Crippen molar-refractivity contribution in [2.24, 2.45) is 5.73 Å². The van der Waals surface area contributed by atoms with Crippen LogP contribution in [0.25, 0.3) is 0 Å². The summed E-state index contributed by atoms with van der Waals surface area (Å²) < 4.78 is 26.8. The maximum absolute atomic E-state index is 12.2. The Morgan fingerprint density at radius 2 is 2.19 bits per heavy atom. The van der Waals surface area contributed by atoms with Crippen molar-refractivity contribution in [3.05, 3.63) is 40.9 Å². The second-order valence-corrected chi connectivity index (χ2v) is 6.54. The van der Waals surface area contributed by atoms with Crippen molar-refractivity contribution in [3.63, 3.8) is 0 Å². The minimum atomic E-state index is -3.63. The largest absolute Gasteiger partial charge is 0.326 e. The predicted molar refractivity (Wildman–Crippen MR) is 79.2 cm³/mol. The molecule has 114 valence electrons. The lowest BCUT2D eigenvalue weighted by Crippen LogP contribution is -2.25. The molecule has 0 saturated heterocycles. The molecule has 7 nitrogen and oxygen atoms in total. The van der Waals surface area contributed by atoms with Gasteiger partial charge in [0.2, 0.25) is 10.0 Å². The highest BCUT2D eigenvalue weighted by Gasteiger charge is 2.17. The van der Waals surface area contributed by atoms with Crippen LogP contribution < -0.4 is 10.5 Å². The molecule has 4 N–H and O–H groups in total. The third-order valence-corrected chi connectivity index (χ3v) is 4.81. The molecule has 0 spiro atoms. The van der Waals surface area contributed by atoms with Gasteiger partial charge in [-0.2, -0.15) is 5.10 Å². The van der Waals surface area contributed by atoms with Gasteiger partial charge in [0.05, 0.1) is 5.02 Å². The highest BCUT2D eigenvalue weighted by Crippen LogP contribution is 2.22. The number of H-pyrrole nitrogens is 1. The molecule has 1 heterocycles. The Morgan fingerprint density at radius 3 is 2.81 bits per heavy atom. The predicted octanol–water partition coefficient (Wildman–Crippen LogP) is 0.828. The van der Waals surface area contributed by atoms with Crippen LogP contribution in [0, 0.1) is 0 Å². The van der Waals surface area contributed by atoms with E-state index in [2.05, 4.69) is 19.9 Å². The van der Waals surface area contributed by atoms with Gasteiger partial charge in [0, 0.05) is 19.5 Å². The lowest BCUT2D eigenvalue weighted by molar-refractivity contribution is 0.578. The Bertz CT molecular complexity index is 688. The van der Waals surface area contributed by atoms with Gasteiger partial charge in [0.1, 0.15) is 17.0 Å². The number of nitrogens with one attached hydrogen (secondary N) is 2. The van der Waals surface area contributed by atoms with Crippen molar-refractivity contribution in [1.82, 2.24) is 19.9 Å². The molecule has 1 aromatic heterocycles. The molecule has 0 radical (unpaired) electrons. The number of halogens is 1. The van der Waals surface area contributed by atoms with E-state index in [1.807, 2.05) is 0 Å². The van der Waals surface area contributed by atoms with Gasteiger partial charge < -0.3 is 5.73 Å². The molecular formula is C12H16ClN5O2S. The number of sulfonamides is 1. The number of hydrogen-bond donors (Lipinski definition) is 3. The topological polar surface area (TPSA) is 114 Å². The van der Waals surface area contributed by atoms with Gasteiger partial charge >= 0.3 is 0 Å². The molecule has 0 fully saturated rings. The second-order valence-electron chi connectivity index (χ2n) is 4.40. The molecule has 0 unspecified atom stereocenters. The van der Waals surface area contributed by atoms with E-state index in [0.717, 1.165) is 11.4 Å². The molecule has 2 rings (SSSR count). The lowest BCUT2D eigenvalue weighted by atomic mass is 10.2. The van der Waals surface area contributed by atoms with Gasteiger partial charge in [-0.15, -0.1) is 0 Å². The molecule has 2 aromatic rings. The fourth-order valence-corrected chi connectivity index (χ4v) is 3.42. The zero-order valence-electron chi connectivity index (χ0n) is 11.2. The zero-order chi connectivity index (χ0) is 15.3. The van der Waals surface area contributed by atoms with Gasteiger partial charge in [-0.3, -0.25) is 5.10 Å². The van der Waals surface area contributed by atoms with E-state index in [-0.39, 0.29) is 16.5 Å². The monoisotopic (exact) mass is 329 g/mol. The van der Waals surface area contributed by atoms with Crippen LogP contribution in [0.2, 0.25) is 5.02 Å². The van der Waals surface area contributed by atoms with E-state index in [4.69, 9.17) is 17.3 Å². The molecular weight excluding hydrogens is 314 g/mol. The first-order valence-corrected chi connectivity index (χ1v) is 8.21. The molecule has 0 bridgehead atoms. The SMILES string of the molecule is NCc1ccc(S(=O)(=O)NCCCc2ncn[nH]2)c(Cl)c1. The molecule has 21 heavy (non-hydrogen) atoms.